The van der Waals surface area contributed by atoms with Gasteiger partial charge in [0, 0.05) is 0 Å². The Bertz CT molecular complexity index is 610. The van der Waals surface area contributed by atoms with E-state index in [0.29, 0.717) is 0 Å². The lowest BCUT2D eigenvalue weighted by molar-refractivity contribution is -0.378. The van der Waals surface area contributed by atoms with Gasteiger partial charge in [0.2, 0.25) is 0 Å². The molecule has 15 atom stereocenters. The Balaban J connectivity index is 1.72. The van der Waals surface area contributed by atoms with Crippen molar-refractivity contribution in [1.29, 1.82) is 0 Å². The predicted octanol–water partition coefficient (Wildman–Crippen LogP) is -5.52. The van der Waals surface area contributed by atoms with E-state index in [9.17, 15) is 40.9 Å². The average molecular weight is 472 g/mol. The zero-order valence-corrected chi connectivity index (χ0v) is 17.4. The average Bonchev–Trinajstić information content (AvgIpc) is 2.76. The van der Waals surface area contributed by atoms with E-state index in [-0.39, 0.29) is 0 Å². The summed E-state index contributed by atoms with van der Waals surface area (Å²) in [4.78, 5) is 0. The van der Waals surface area contributed by atoms with Gasteiger partial charge in [-0.05, 0) is 13.8 Å². The zero-order chi connectivity index (χ0) is 23.9. The maximum Gasteiger partial charge on any atom is 0.187 e. The van der Waals surface area contributed by atoms with Gasteiger partial charge in [-0.2, -0.15) is 0 Å². The maximum absolute atomic E-state index is 10.7. The Morgan fingerprint density at radius 2 is 1.09 bits per heavy atom. The number of aliphatic hydroxyl groups is 9. The molecule has 0 unspecified atom stereocenters. The molecule has 3 heterocycles. The number of hydrogen-bond acceptors (Lipinski definition) is 14. The molecule has 14 nitrogen and oxygen atoms in total. The Morgan fingerprint density at radius 1 is 0.562 bits per heavy atom. The monoisotopic (exact) mass is 472 g/mol. The Labute approximate surface area is 183 Å². The summed E-state index contributed by atoms with van der Waals surface area (Å²) in [5, 5.41) is 90.5. The van der Waals surface area contributed by atoms with E-state index >= 15 is 0 Å². The van der Waals surface area contributed by atoms with Gasteiger partial charge in [-0.3, -0.25) is 0 Å². The first-order valence-electron chi connectivity index (χ1n) is 10.3. The molecule has 188 valence electrons. The van der Waals surface area contributed by atoms with Crippen molar-refractivity contribution in [3.63, 3.8) is 0 Å². The van der Waals surface area contributed by atoms with Crippen LogP contribution in [0.1, 0.15) is 13.8 Å². The highest BCUT2D eigenvalue weighted by atomic mass is 16.7. The van der Waals surface area contributed by atoms with Crippen molar-refractivity contribution >= 4 is 0 Å². The van der Waals surface area contributed by atoms with Crippen LogP contribution < -0.4 is 0 Å². The zero-order valence-electron chi connectivity index (χ0n) is 17.4. The molecule has 3 fully saturated rings. The molecule has 0 bridgehead atoms. The van der Waals surface area contributed by atoms with Crippen LogP contribution in [-0.2, 0) is 23.7 Å². The van der Waals surface area contributed by atoms with E-state index in [1.165, 1.54) is 13.8 Å². The molecule has 0 amide bonds. The molecule has 0 aromatic carbocycles. The van der Waals surface area contributed by atoms with Crippen LogP contribution in [-0.4, -0.2) is 145 Å². The maximum atomic E-state index is 10.7. The first kappa shape index (κ1) is 26.1. The molecule has 3 aliphatic heterocycles. The van der Waals surface area contributed by atoms with E-state index in [4.69, 9.17) is 28.8 Å². The molecule has 9 N–H and O–H groups in total. The van der Waals surface area contributed by atoms with Crippen molar-refractivity contribution < 1.29 is 69.6 Å². The molecular weight excluding hydrogens is 440 g/mol. The molecule has 3 aliphatic rings. The Kier molecular flexibility index (Phi) is 8.44. The van der Waals surface area contributed by atoms with Crippen molar-refractivity contribution in [3.05, 3.63) is 0 Å². The van der Waals surface area contributed by atoms with Gasteiger partial charge in [0.1, 0.15) is 61.0 Å². The van der Waals surface area contributed by atoms with Gasteiger partial charge < -0.3 is 69.6 Å². The lowest BCUT2D eigenvalue weighted by Crippen LogP contribution is -2.65. The molecule has 0 spiro atoms. The van der Waals surface area contributed by atoms with Crippen LogP contribution in [0.3, 0.4) is 0 Å². The van der Waals surface area contributed by atoms with Crippen molar-refractivity contribution in [2.24, 2.45) is 0 Å². The standard InChI is InChI=1S/C18H32O14/c1-4-7(20)10(23)12(25)17(28-4)31-14-8(21)5(2)29-18(13(14)26)32-15-11(24)9(22)6(3-19)30-16(15)27/h4-27H,3H2,1-2H3/t4-,5-,6+,7-,8-,9+,10+,11-,12+,13+,14+,15+,16+,17-,18-/m0/s1. The molecule has 0 aliphatic carbocycles. The molecule has 0 aromatic heterocycles. The highest BCUT2D eigenvalue weighted by Gasteiger charge is 2.52. The third-order valence-electron chi connectivity index (χ3n) is 6.02. The van der Waals surface area contributed by atoms with Gasteiger partial charge in [0.25, 0.3) is 0 Å². The van der Waals surface area contributed by atoms with Crippen LogP contribution in [0.15, 0.2) is 0 Å². The van der Waals surface area contributed by atoms with Crippen LogP contribution in [0, 0.1) is 0 Å². The van der Waals surface area contributed by atoms with Crippen LogP contribution in [0.25, 0.3) is 0 Å². The van der Waals surface area contributed by atoms with E-state index < -0.39 is 98.7 Å². The number of aliphatic hydroxyl groups excluding tert-OH is 9. The first-order chi connectivity index (χ1) is 15.0. The van der Waals surface area contributed by atoms with Crippen LogP contribution in [0.4, 0.5) is 0 Å². The topological polar surface area (TPSA) is 228 Å². The van der Waals surface area contributed by atoms with Gasteiger partial charge in [0.15, 0.2) is 18.9 Å². The SMILES string of the molecule is C[C@@H]1O[C@@H](O[C@@H]2[C@@H](O)[C@H](C)O[C@@H](O[C@@H]3[C@@H](O)[C@H](O)[C@@H](CO)O[C@H]3O)[C@@H]2O)[C@H](O)[C@H](O)[C@H]1O. The van der Waals surface area contributed by atoms with Gasteiger partial charge in [0.05, 0.1) is 18.8 Å². The number of ether oxygens (including phenoxy) is 5. The van der Waals surface area contributed by atoms with Gasteiger partial charge >= 0.3 is 0 Å². The lowest BCUT2D eigenvalue weighted by atomic mass is 9.96. The summed E-state index contributed by atoms with van der Waals surface area (Å²) in [6.07, 6.45) is -22.4. The summed E-state index contributed by atoms with van der Waals surface area (Å²) in [5.41, 5.74) is 0. The van der Waals surface area contributed by atoms with E-state index in [0.717, 1.165) is 0 Å². The summed E-state index contributed by atoms with van der Waals surface area (Å²) in [6.45, 7) is 2.17. The van der Waals surface area contributed by atoms with E-state index in [1.54, 1.807) is 0 Å². The minimum atomic E-state index is -1.79. The molecule has 3 rings (SSSR count). The predicted molar refractivity (Wildman–Crippen MR) is 98.4 cm³/mol. The summed E-state index contributed by atoms with van der Waals surface area (Å²) >= 11 is 0. The van der Waals surface area contributed by atoms with Gasteiger partial charge in [-0.1, -0.05) is 0 Å². The summed E-state index contributed by atoms with van der Waals surface area (Å²) < 4.78 is 26.7. The van der Waals surface area contributed by atoms with Crippen LogP contribution >= 0.6 is 0 Å². The second-order valence-corrected chi connectivity index (χ2v) is 8.30. The third kappa shape index (κ3) is 4.94. The van der Waals surface area contributed by atoms with Crippen molar-refractivity contribution in [1.82, 2.24) is 0 Å². The smallest absolute Gasteiger partial charge is 0.187 e. The highest BCUT2D eigenvalue weighted by Crippen LogP contribution is 2.31. The molecule has 32 heavy (non-hydrogen) atoms. The van der Waals surface area contributed by atoms with Crippen LogP contribution in [0.2, 0.25) is 0 Å². The molecule has 0 saturated carbocycles. The molecule has 14 heteroatoms. The van der Waals surface area contributed by atoms with Crippen molar-refractivity contribution in [3.8, 4) is 0 Å². The van der Waals surface area contributed by atoms with Gasteiger partial charge in [-0.15, -0.1) is 0 Å². The minimum absolute atomic E-state index is 0.674. The second kappa shape index (κ2) is 10.4. The summed E-state index contributed by atoms with van der Waals surface area (Å²) in [5.74, 6) is 0. The molecule has 3 saturated heterocycles. The van der Waals surface area contributed by atoms with Gasteiger partial charge in [-0.25, -0.2) is 0 Å². The lowest BCUT2D eigenvalue weighted by Gasteiger charge is -2.47. The largest absolute Gasteiger partial charge is 0.394 e. The highest BCUT2D eigenvalue weighted by molar-refractivity contribution is 4.95. The minimum Gasteiger partial charge on any atom is -0.394 e. The fraction of sp³-hybridized carbons (Fsp3) is 1.00. The molecular formula is C18H32O14. The second-order valence-electron chi connectivity index (χ2n) is 8.30. The van der Waals surface area contributed by atoms with Crippen molar-refractivity contribution in [2.45, 2.75) is 106 Å². The Hall–Kier alpha value is -0.560. The van der Waals surface area contributed by atoms with Crippen LogP contribution in [0.5, 0.6) is 0 Å². The van der Waals surface area contributed by atoms with Crippen molar-refractivity contribution in [2.75, 3.05) is 6.61 Å². The summed E-state index contributed by atoms with van der Waals surface area (Å²) in [7, 11) is 0. The normalized spacial score (nSPS) is 55.0. The number of hydrogen-bond donors (Lipinski definition) is 9. The fourth-order valence-corrected chi connectivity index (χ4v) is 3.92. The Morgan fingerprint density at radius 3 is 1.69 bits per heavy atom. The fourth-order valence-electron chi connectivity index (χ4n) is 3.92. The molecule has 0 aromatic rings. The van der Waals surface area contributed by atoms with E-state index in [2.05, 4.69) is 0 Å². The third-order valence-corrected chi connectivity index (χ3v) is 6.02. The molecule has 0 radical (unpaired) electrons. The summed E-state index contributed by atoms with van der Waals surface area (Å²) in [6, 6.07) is 0. The number of rotatable bonds is 5. The van der Waals surface area contributed by atoms with E-state index in [1.807, 2.05) is 0 Å². The quantitative estimate of drug-likeness (QED) is 0.182. The first-order valence-corrected chi connectivity index (χ1v) is 10.3.